The van der Waals surface area contributed by atoms with E-state index in [9.17, 15) is 0 Å². The Bertz CT molecular complexity index is 497. The van der Waals surface area contributed by atoms with E-state index in [1.807, 2.05) is 18.2 Å². The number of pyridine rings is 1. The molecule has 0 amide bonds. The summed E-state index contributed by atoms with van der Waals surface area (Å²) in [5, 5.41) is 1.12. The molecule has 2 rings (SSSR count). The molecule has 2 aromatic rings. The number of aromatic nitrogens is 1. The zero-order chi connectivity index (χ0) is 12.1. The summed E-state index contributed by atoms with van der Waals surface area (Å²) in [5.41, 5.74) is 7.64. The van der Waals surface area contributed by atoms with Gasteiger partial charge in [0, 0.05) is 11.1 Å². The van der Waals surface area contributed by atoms with Gasteiger partial charge in [0.15, 0.2) is 0 Å². The Morgan fingerprint density at radius 2 is 2.06 bits per heavy atom. The molecular formula is C14H18N2O. The maximum Gasteiger partial charge on any atom is 0.119 e. The maximum absolute atomic E-state index is 5.48. The van der Waals surface area contributed by atoms with Crippen molar-refractivity contribution in [2.24, 2.45) is 5.73 Å². The van der Waals surface area contributed by atoms with Crippen molar-refractivity contribution in [3.8, 4) is 5.75 Å². The van der Waals surface area contributed by atoms with Crippen molar-refractivity contribution < 1.29 is 4.74 Å². The van der Waals surface area contributed by atoms with Crippen LogP contribution in [-0.2, 0) is 6.42 Å². The molecule has 0 radical (unpaired) electrons. The summed E-state index contributed by atoms with van der Waals surface area (Å²) < 4.78 is 5.19. The largest absolute Gasteiger partial charge is 0.497 e. The minimum absolute atomic E-state index is 0.755. The van der Waals surface area contributed by atoms with Crippen molar-refractivity contribution in [2.75, 3.05) is 13.7 Å². The highest BCUT2D eigenvalue weighted by molar-refractivity contribution is 5.80. The highest BCUT2D eigenvalue weighted by Crippen LogP contribution is 2.19. The lowest BCUT2D eigenvalue weighted by Gasteiger charge is -2.04. The van der Waals surface area contributed by atoms with E-state index in [0.717, 1.165) is 48.2 Å². The zero-order valence-corrected chi connectivity index (χ0v) is 10.1. The summed E-state index contributed by atoms with van der Waals surface area (Å²) >= 11 is 0. The Morgan fingerprint density at radius 1 is 1.18 bits per heavy atom. The van der Waals surface area contributed by atoms with Gasteiger partial charge in [-0.3, -0.25) is 4.98 Å². The predicted molar refractivity (Wildman–Crippen MR) is 70.3 cm³/mol. The average molecular weight is 230 g/mol. The Hall–Kier alpha value is -1.61. The fourth-order valence-electron chi connectivity index (χ4n) is 1.86. The highest BCUT2D eigenvalue weighted by atomic mass is 16.5. The van der Waals surface area contributed by atoms with Crippen LogP contribution in [0.2, 0.25) is 0 Å². The van der Waals surface area contributed by atoms with Crippen LogP contribution in [0.5, 0.6) is 5.75 Å². The number of rotatable bonds is 5. The van der Waals surface area contributed by atoms with Crippen LogP contribution in [0, 0.1) is 0 Å². The fourth-order valence-corrected chi connectivity index (χ4v) is 1.86. The smallest absolute Gasteiger partial charge is 0.119 e. The molecule has 1 aromatic carbocycles. The monoisotopic (exact) mass is 230 g/mol. The Kier molecular flexibility index (Phi) is 3.94. The molecule has 0 fully saturated rings. The molecule has 1 heterocycles. The number of fused-ring (bicyclic) bond motifs is 1. The molecule has 0 atom stereocenters. The van der Waals surface area contributed by atoms with Crippen LogP contribution in [-0.4, -0.2) is 18.6 Å². The number of unbranched alkanes of at least 4 members (excludes halogenated alkanes) is 1. The molecular weight excluding hydrogens is 212 g/mol. The van der Waals surface area contributed by atoms with E-state index in [1.165, 1.54) is 0 Å². The zero-order valence-electron chi connectivity index (χ0n) is 10.1. The number of nitrogens with zero attached hydrogens (tertiary/aromatic N) is 1. The second-order valence-corrected chi connectivity index (χ2v) is 4.11. The number of aryl methyl sites for hydroxylation is 1. The van der Waals surface area contributed by atoms with Gasteiger partial charge in [-0.05, 0) is 50.1 Å². The number of hydrogen-bond acceptors (Lipinski definition) is 3. The van der Waals surface area contributed by atoms with Crippen LogP contribution in [0.15, 0.2) is 30.3 Å². The first-order valence-electron chi connectivity index (χ1n) is 5.97. The SMILES string of the molecule is COc1ccc2nc(CCCCN)ccc2c1. The normalized spacial score (nSPS) is 10.7. The van der Waals surface area contributed by atoms with Crippen molar-refractivity contribution in [3.63, 3.8) is 0 Å². The van der Waals surface area contributed by atoms with Gasteiger partial charge < -0.3 is 10.5 Å². The van der Waals surface area contributed by atoms with Gasteiger partial charge in [0.1, 0.15) is 5.75 Å². The van der Waals surface area contributed by atoms with Crippen LogP contribution in [0.25, 0.3) is 10.9 Å². The number of ether oxygens (including phenoxy) is 1. The fraction of sp³-hybridized carbons (Fsp3) is 0.357. The molecule has 3 heteroatoms. The molecule has 90 valence electrons. The van der Waals surface area contributed by atoms with Gasteiger partial charge in [-0.1, -0.05) is 6.07 Å². The number of methoxy groups -OCH3 is 1. The minimum atomic E-state index is 0.755. The summed E-state index contributed by atoms with van der Waals surface area (Å²) in [6.45, 7) is 0.755. The van der Waals surface area contributed by atoms with Crippen molar-refractivity contribution in [1.82, 2.24) is 4.98 Å². The summed E-state index contributed by atoms with van der Waals surface area (Å²) in [6.07, 6.45) is 3.16. The third-order valence-corrected chi connectivity index (χ3v) is 2.84. The molecule has 0 saturated heterocycles. The first-order chi connectivity index (χ1) is 8.33. The second-order valence-electron chi connectivity index (χ2n) is 4.11. The van der Waals surface area contributed by atoms with Gasteiger partial charge in [0.25, 0.3) is 0 Å². The lowest BCUT2D eigenvalue weighted by molar-refractivity contribution is 0.415. The third-order valence-electron chi connectivity index (χ3n) is 2.84. The predicted octanol–water partition coefficient (Wildman–Crippen LogP) is 2.52. The lowest BCUT2D eigenvalue weighted by Crippen LogP contribution is -1.99. The maximum atomic E-state index is 5.48. The number of nitrogens with two attached hydrogens (primary N) is 1. The van der Waals surface area contributed by atoms with Gasteiger partial charge in [0.05, 0.1) is 12.6 Å². The van der Waals surface area contributed by atoms with Crippen LogP contribution in [0.4, 0.5) is 0 Å². The van der Waals surface area contributed by atoms with E-state index in [2.05, 4.69) is 17.1 Å². The van der Waals surface area contributed by atoms with E-state index in [4.69, 9.17) is 10.5 Å². The van der Waals surface area contributed by atoms with Gasteiger partial charge in [-0.2, -0.15) is 0 Å². The Morgan fingerprint density at radius 3 is 2.82 bits per heavy atom. The molecule has 0 unspecified atom stereocenters. The number of hydrogen-bond donors (Lipinski definition) is 1. The second kappa shape index (κ2) is 5.64. The van der Waals surface area contributed by atoms with E-state index in [0.29, 0.717) is 0 Å². The Balaban J connectivity index is 2.19. The molecule has 2 N–H and O–H groups in total. The van der Waals surface area contributed by atoms with Crippen molar-refractivity contribution in [3.05, 3.63) is 36.0 Å². The van der Waals surface area contributed by atoms with Crippen LogP contribution >= 0.6 is 0 Å². The molecule has 0 aliphatic carbocycles. The molecule has 0 bridgehead atoms. The van der Waals surface area contributed by atoms with E-state index in [-0.39, 0.29) is 0 Å². The molecule has 0 saturated carbocycles. The van der Waals surface area contributed by atoms with Crippen molar-refractivity contribution >= 4 is 10.9 Å². The topological polar surface area (TPSA) is 48.1 Å². The van der Waals surface area contributed by atoms with Crippen molar-refractivity contribution in [2.45, 2.75) is 19.3 Å². The van der Waals surface area contributed by atoms with Gasteiger partial charge in [-0.25, -0.2) is 0 Å². The van der Waals surface area contributed by atoms with E-state index in [1.54, 1.807) is 7.11 Å². The van der Waals surface area contributed by atoms with Crippen molar-refractivity contribution in [1.29, 1.82) is 0 Å². The molecule has 0 aliphatic rings. The summed E-state index contributed by atoms with van der Waals surface area (Å²) in [7, 11) is 1.68. The molecule has 17 heavy (non-hydrogen) atoms. The molecule has 1 aromatic heterocycles. The lowest BCUT2D eigenvalue weighted by atomic mass is 10.1. The first-order valence-corrected chi connectivity index (χ1v) is 5.97. The van der Waals surface area contributed by atoms with Gasteiger partial charge >= 0.3 is 0 Å². The molecule has 3 nitrogen and oxygen atoms in total. The van der Waals surface area contributed by atoms with Crippen LogP contribution in [0.3, 0.4) is 0 Å². The Labute approximate surface area is 102 Å². The standard InChI is InChI=1S/C14H18N2O/c1-17-13-7-8-14-11(10-13)5-6-12(16-14)4-2-3-9-15/h5-8,10H,2-4,9,15H2,1H3. The average Bonchev–Trinajstić information content (AvgIpc) is 2.38. The molecule has 0 aliphatic heterocycles. The van der Waals surface area contributed by atoms with Gasteiger partial charge in [0.2, 0.25) is 0 Å². The summed E-state index contributed by atoms with van der Waals surface area (Å²) in [5.74, 6) is 0.871. The summed E-state index contributed by atoms with van der Waals surface area (Å²) in [6, 6.07) is 10.1. The van der Waals surface area contributed by atoms with E-state index < -0.39 is 0 Å². The summed E-state index contributed by atoms with van der Waals surface area (Å²) in [4.78, 5) is 4.63. The van der Waals surface area contributed by atoms with Gasteiger partial charge in [-0.15, -0.1) is 0 Å². The molecule has 0 spiro atoms. The first kappa shape index (κ1) is 11.9. The third kappa shape index (κ3) is 2.94. The quantitative estimate of drug-likeness (QED) is 0.803. The minimum Gasteiger partial charge on any atom is -0.497 e. The highest BCUT2D eigenvalue weighted by Gasteiger charge is 2.00. The number of benzene rings is 1. The van der Waals surface area contributed by atoms with Crippen LogP contribution < -0.4 is 10.5 Å². The van der Waals surface area contributed by atoms with E-state index >= 15 is 0 Å². The van der Waals surface area contributed by atoms with Crippen LogP contribution in [0.1, 0.15) is 18.5 Å².